The topological polar surface area (TPSA) is 109 Å². The molecule has 0 aliphatic heterocycles. The van der Waals surface area contributed by atoms with Crippen LogP contribution in [0.25, 0.3) is 0 Å². The second kappa shape index (κ2) is 14.7. The Hall–Kier alpha value is -4.98. The molecule has 0 fully saturated rings. The summed E-state index contributed by atoms with van der Waals surface area (Å²) in [6, 6.07) is 26.8. The van der Waals surface area contributed by atoms with E-state index in [1.54, 1.807) is 24.8 Å². The van der Waals surface area contributed by atoms with Crippen LogP contribution < -0.4 is 10.9 Å². The molecule has 0 aliphatic carbocycles. The Bertz CT molecular complexity index is 1200. The van der Waals surface area contributed by atoms with Gasteiger partial charge in [-0.15, -0.1) is 0 Å². The highest BCUT2D eigenvalue weighted by molar-refractivity contribution is 6.13. The van der Waals surface area contributed by atoms with Gasteiger partial charge in [-0.3, -0.25) is 19.6 Å². The van der Waals surface area contributed by atoms with Gasteiger partial charge in [0.2, 0.25) is 11.8 Å². The fourth-order valence-electron chi connectivity index (χ4n) is 3.89. The van der Waals surface area contributed by atoms with E-state index in [0.29, 0.717) is 37.1 Å². The lowest BCUT2D eigenvalue weighted by Crippen LogP contribution is -2.21. The molecule has 39 heavy (non-hydrogen) atoms. The summed E-state index contributed by atoms with van der Waals surface area (Å²) in [7, 11) is 0. The van der Waals surface area contributed by atoms with Gasteiger partial charge >= 0.3 is 0 Å². The number of carbonyl (C=O) groups is 2. The molecule has 8 heteroatoms. The maximum atomic E-state index is 12.4. The van der Waals surface area contributed by atoms with Gasteiger partial charge in [-0.05, 0) is 37.1 Å². The highest BCUT2D eigenvalue weighted by Crippen LogP contribution is 2.11. The molecule has 0 atom stereocenters. The Labute approximate surface area is 227 Å². The van der Waals surface area contributed by atoms with Crippen molar-refractivity contribution in [3.8, 4) is 0 Å². The molecule has 8 nitrogen and oxygen atoms in total. The van der Waals surface area contributed by atoms with E-state index >= 15 is 0 Å². The molecule has 2 N–H and O–H groups in total. The zero-order chi connectivity index (χ0) is 27.1. The average molecular weight is 519 g/mol. The summed E-state index contributed by atoms with van der Waals surface area (Å²) in [5, 5.41) is 8.75. The van der Waals surface area contributed by atoms with Gasteiger partial charge in [-0.1, -0.05) is 67.1 Å². The number of unbranched alkanes of at least 4 members (excludes halogenated alkanes) is 2. The summed E-state index contributed by atoms with van der Waals surface area (Å²) in [5.41, 5.74) is 10.0. The van der Waals surface area contributed by atoms with Crippen molar-refractivity contribution < 1.29 is 9.59 Å². The quantitative estimate of drug-likeness (QED) is 0.159. The van der Waals surface area contributed by atoms with Gasteiger partial charge in [0.25, 0.3) is 0 Å². The zero-order valence-corrected chi connectivity index (χ0v) is 21.5. The van der Waals surface area contributed by atoms with Crippen LogP contribution in [0, 0.1) is 0 Å². The number of amides is 2. The number of rotatable bonds is 12. The molecule has 0 bridgehead atoms. The van der Waals surface area contributed by atoms with Crippen molar-refractivity contribution in [2.45, 2.75) is 32.1 Å². The third-order valence-corrected chi connectivity index (χ3v) is 5.86. The molecule has 196 valence electrons. The third kappa shape index (κ3) is 8.53. The van der Waals surface area contributed by atoms with Gasteiger partial charge in [0.15, 0.2) is 0 Å². The van der Waals surface area contributed by atoms with Crippen LogP contribution in [0.1, 0.15) is 54.4 Å². The summed E-state index contributed by atoms with van der Waals surface area (Å²) in [6.07, 6.45) is 9.48. The Morgan fingerprint density at radius 1 is 0.538 bits per heavy atom. The van der Waals surface area contributed by atoms with Crippen molar-refractivity contribution in [2.75, 3.05) is 0 Å². The van der Waals surface area contributed by atoms with Crippen molar-refractivity contribution in [2.24, 2.45) is 10.2 Å². The Morgan fingerprint density at radius 2 is 0.949 bits per heavy atom. The van der Waals surface area contributed by atoms with Crippen molar-refractivity contribution in [3.05, 3.63) is 132 Å². The standard InChI is InChI=1S/C31H30N6O2/c38-28(34-36-30(24-12-4-1-5-13-24)26-16-10-20-32-22-26)18-8-3-9-19-29(39)35-37-31(25-14-6-2-7-15-25)27-17-11-21-33-23-27/h1-2,4-7,10-17,20-23H,3,8-9,18-19H2,(H,34,38)(H,35,39)/b36-30+,37-31+. The predicted octanol–water partition coefficient (Wildman–Crippen LogP) is 4.86. The van der Waals surface area contributed by atoms with Gasteiger partial charge in [-0.25, -0.2) is 10.9 Å². The van der Waals surface area contributed by atoms with E-state index in [4.69, 9.17) is 0 Å². The van der Waals surface area contributed by atoms with Crippen LogP contribution in [-0.2, 0) is 9.59 Å². The molecular formula is C31H30N6O2. The molecule has 0 saturated heterocycles. The predicted molar refractivity (Wildman–Crippen MR) is 152 cm³/mol. The Balaban J connectivity index is 1.23. The van der Waals surface area contributed by atoms with Crippen LogP contribution in [0.2, 0.25) is 0 Å². The van der Waals surface area contributed by atoms with Crippen LogP contribution in [-0.4, -0.2) is 33.2 Å². The van der Waals surface area contributed by atoms with E-state index in [1.165, 1.54) is 0 Å². The van der Waals surface area contributed by atoms with Crippen LogP contribution in [0.4, 0.5) is 0 Å². The maximum Gasteiger partial charge on any atom is 0.240 e. The number of hydrazone groups is 2. The lowest BCUT2D eigenvalue weighted by Gasteiger charge is -2.08. The van der Waals surface area contributed by atoms with Crippen molar-refractivity contribution in [3.63, 3.8) is 0 Å². The number of carbonyl (C=O) groups excluding carboxylic acids is 2. The summed E-state index contributed by atoms with van der Waals surface area (Å²) >= 11 is 0. The van der Waals surface area contributed by atoms with E-state index < -0.39 is 0 Å². The van der Waals surface area contributed by atoms with Crippen molar-refractivity contribution in [1.29, 1.82) is 0 Å². The smallest absolute Gasteiger partial charge is 0.240 e. The molecule has 2 amide bonds. The second-order valence-corrected chi connectivity index (χ2v) is 8.77. The fraction of sp³-hybridized carbons (Fsp3) is 0.161. The largest absolute Gasteiger partial charge is 0.273 e. The molecule has 4 aromatic rings. The second-order valence-electron chi connectivity index (χ2n) is 8.77. The molecule has 0 saturated carbocycles. The molecular weight excluding hydrogens is 488 g/mol. The zero-order valence-electron chi connectivity index (χ0n) is 21.5. The van der Waals surface area contributed by atoms with Crippen molar-refractivity contribution in [1.82, 2.24) is 20.8 Å². The minimum absolute atomic E-state index is 0.176. The summed E-state index contributed by atoms with van der Waals surface area (Å²) in [5.74, 6) is -0.351. The molecule has 0 unspecified atom stereocenters. The van der Waals surface area contributed by atoms with E-state index in [9.17, 15) is 9.59 Å². The number of nitrogens with one attached hydrogen (secondary N) is 2. The molecule has 2 aromatic carbocycles. The minimum atomic E-state index is -0.176. The van der Waals surface area contributed by atoms with Crippen LogP contribution in [0.5, 0.6) is 0 Å². The highest BCUT2D eigenvalue weighted by atomic mass is 16.2. The van der Waals surface area contributed by atoms with E-state index in [0.717, 1.165) is 28.7 Å². The first-order valence-electron chi connectivity index (χ1n) is 12.9. The number of pyridine rings is 2. The van der Waals surface area contributed by atoms with Gasteiger partial charge < -0.3 is 0 Å². The summed E-state index contributed by atoms with van der Waals surface area (Å²) in [4.78, 5) is 33.2. The highest BCUT2D eigenvalue weighted by Gasteiger charge is 2.10. The Morgan fingerprint density at radius 3 is 1.33 bits per heavy atom. The van der Waals surface area contributed by atoms with Gasteiger partial charge in [0.1, 0.15) is 0 Å². The molecule has 2 aromatic heterocycles. The summed E-state index contributed by atoms with van der Waals surface area (Å²) in [6.45, 7) is 0. The Kier molecular flexibility index (Phi) is 10.2. The number of hydrogen-bond donors (Lipinski definition) is 2. The minimum Gasteiger partial charge on any atom is -0.273 e. The lowest BCUT2D eigenvalue weighted by atomic mass is 10.0. The third-order valence-electron chi connectivity index (χ3n) is 5.86. The summed E-state index contributed by atoms with van der Waals surface area (Å²) < 4.78 is 0. The van der Waals surface area contributed by atoms with Crippen LogP contribution in [0.3, 0.4) is 0 Å². The monoisotopic (exact) mass is 518 g/mol. The number of benzene rings is 2. The van der Waals surface area contributed by atoms with Gasteiger partial charge in [0.05, 0.1) is 11.4 Å². The lowest BCUT2D eigenvalue weighted by molar-refractivity contribution is -0.121. The molecule has 0 radical (unpaired) electrons. The first-order chi connectivity index (χ1) is 19.2. The van der Waals surface area contributed by atoms with E-state index in [1.807, 2.05) is 84.9 Å². The molecule has 2 heterocycles. The van der Waals surface area contributed by atoms with Crippen molar-refractivity contribution >= 4 is 23.2 Å². The molecule has 4 rings (SSSR count). The van der Waals surface area contributed by atoms with Crippen LogP contribution >= 0.6 is 0 Å². The normalized spacial score (nSPS) is 11.6. The van der Waals surface area contributed by atoms with Gasteiger partial charge in [0, 0.05) is 59.9 Å². The average Bonchev–Trinajstić information content (AvgIpc) is 2.99. The van der Waals surface area contributed by atoms with Gasteiger partial charge in [-0.2, -0.15) is 10.2 Å². The number of aromatic nitrogens is 2. The molecule has 0 aliphatic rings. The van der Waals surface area contributed by atoms with E-state index in [2.05, 4.69) is 31.0 Å². The number of hydrogen-bond acceptors (Lipinski definition) is 6. The maximum absolute atomic E-state index is 12.4. The van der Waals surface area contributed by atoms with Crippen LogP contribution in [0.15, 0.2) is 120 Å². The molecule has 0 spiro atoms. The first-order valence-corrected chi connectivity index (χ1v) is 12.9. The van der Waals surface area contributed by atoms with E-state index in [-0.39, 0.29) is 11.8 Å². The number of nitrogens with zero attached hydrogens (tertiary/aromatic N) is 4. The SMILES string of the molecule is O=C(CCCCCC(=O)N/N=C(\c1ccccc1)c1cccnc1)N/N=C(\c1ccccc1)c1cccnc1. The first kappa shape index (κ1) is 27.1. The fourth-order valence-corrected chi connectivity index (χ4v) is 3.89.